The van der Waals surface area contributed by atoms with Crippen LogP contribution in [0.2, 0.25) is 0 Å². The number of carbonyl (C=O) groups is 1. The molecule has 0 fully saturated rings. The number of anilines is 1. The third-order valence-electron chi connectivity index (χ3n) is 5.04. The maximum absolute atomic E-state index is 12.7. The van der Waals surface area contributed by atoms with E-state index < -0.39 is 0 Å². The number of H-pyrrole nitrogens is 1. The van der Waals surface area contributed by atoms with Crippen LogP contribution in [0.5, 0.6) is 0 Å². The molecule has 1 amide bonds. The summed E-state index contributed by atoms with van der Waals surface area (Å²) in [5.41, 5.74) is 6.30. The van der Waals surface area contributed by atoms with Crippen LogP contribution >= 0.6 is 0 Å². The molecule has 0 bridgehead atoms. The molecule has 5 aromatic rings. The largest absolute Gasteiger partial charge is 0.338 e. The number of carbonyl (C=O) groups excluding carboxylic acids is 1. The highest BCUT2D eigenvalue weighted by Gasteiger charge is 2.09. The smallest absolute Gasteiger partial charge is 0.255 e. The van der Waals surface area contributed by atoms with Crippen molar-refractivity contribution in [3.05, 3.63) is 109 Å². The summed E-state index contributed by atoms with van der Waals surface area (Å²) in [6.45, 7) is 0. The number of rotatable bonds is 4. The molecule has 1 heterocycles. The molecule has 144 valence electrons. The second kappa shape index (κ2) is 7.68. The van der Waals surface area contributed by atoms with Crippen molar-refractivity contribution in [2.24, 2.45) is 0 Å². The Balaban J connectivity index is 1.35. The molecule has 1 aromatic heterocycles. The number of nitrogens with zero attached hydrogens (tertiary/aromatic N) is 1. The summed E-state index contributed by atoms with van der Waals surface area (Å²) < 4.78 is 0. The zero-order valence-electron chi connectivity index (χ0n) is 16.2. The molecular formula is C26H19N3O. The quantitative estimate of drug-likeness (QED) is 0.387. The van der Waals surface area contributed by atoms with E-state index in [9.17, 15) is 4.79 Å². The van der Waals surface area contributed by atoms with E-state index in [4.69, 9.17) is 0 Å². The molecule has 30 heavy (non-hydrogen) atoms. The lowest BCUT2D eigenvalue weighted by Crippen LogP contribution is -2.11. The van der Waals surface area contributed by atoms with Crippen molar-refractivity contribution in [1.29, 1.82) is 0 Å². The Kier molecular flexibility index (Phi) is 4.58. The van der Waals surface area contributed by atoms with Crippen LogP contribution < -0.4 is 5.32 Å². The summed E-state index contributed by atoms with van der Waals surface area (Å²) in [4.78, 5) is 20.7. The molecular weight excluding hydrogens is 370 g/mol. The Morgan fingerprint density at radius 3 is 2.03 bits per heavy atom. The van der Waals surface area contributed by atoms with Gasteiger partial charge in [0.2, 0.25) is 0 Å². The first kappa shape index (κ1) is 17.9. The highest BCUT2D eigenvalue weighted by molar-refractivity contribution is 6.05. The molecule has 5 rings (SSSR count). The van der Waals surface area contributed by atoms with E-state index in [-0.39, 0.29) is 5.91 Å². The average Bonchev–Trinajstić information content (AvgIpc) is 3.24. The van der Waals surface area contributed by atoms with Gasteiger partial charge in [-0.15, -0.1) is 0 Å². The van der Waals surface area contributed by atoms with Gasteiger partial charge in [-0.25, -0.2) is 4.98 Å². The fourth-order valence-electron chi connectivity index (χ4n) is 3.46. The van der Waals surface area contributed by atoms with Gasteiger partial charge in [0.15, 0.2) is 0 Å². The van der Waals surface area contributed by atoms with Gasteiger partial charge >= 0.3 is 0 Å². The van der Waals surface area contributed by atoms with E-state index in [0.717, 1.165) is 33.5 Å². The lowest BCUT2D eigenvalue weighted by Gasteiger charge is -2.07. The van der Waals surface area contributed by atoms with E-state index in [2.05, 4.69) is 27.4 Å². The minimum Gasteiger partial charge on any atom is -0.338 e. The predicted molar refractivity (Wildman–Crippen MR) is 121 cm³/mol. The molecule has 4 heteroatoms. The van der Waals surface area contributed by atoms with Gasteiger partial charge in [-0.3, -0.25) is 4.79 Å². The van der Waals surface area contributed by atoms with Gasteiger partial charge < -0.3 is 10.3 Å². The standard InChI is InChI=1S/C26H19N3O/c30-26(21-13-11-19(12-14-21)18-7-3-1-4-8-18)27-22-15-16-23-24(17-22)29-25(28-23)20-9-5-2-6-10-20/h1-17H,(H,27,30)(H,28,29). The van der Waals surface area contributed by atoms with Crippen molar-refractivity contribution in [3.63, 3.8) is 0 Å². The Labute approximate surface area is 174 Å². The molecule has 4 nitrogen and oxygen atoms in total. The van der Waals surface area contributed by atoms with Crippen LogP contribution in [0.1, 0.15) is 10.4 Å². The molecule has 0 aliphatic rings. The second-order valence-corrected chi connectivity index (χ2v) is 7.08. The molecule has 0 aliphatic carbocycles. The molecule has 0 saturated heterocycles. The van der Waals surface area contributed by atoms with Crippen molar-refractivity contribution in [1.82, 2.24) is 9.97 Å². The maximum atomic E-state index is 12.7. The van der Waals surface area contributed by atoms with Gasteiger partial charge in [-0.1, -0.05) is 72.8 Å². The minimum atomic E-state index is -0.146. The fraction of sp³-hybridized carbons (Fsp3) is 0. The average molecular weight is 389 g/mol. The normalized spacial score (nSPS) is 10.8. The zero-order valence-corrected chi connectivity index (χ0v) is 16.2. The van der Waals surface area contributed by atoms with Crippen LogP contribution in [0.3, 0.4) is 0 Å². The van der Waals surface area contributed by atoms with Gasteiger partial charge in [0.1, 0.15) is 5.82 Å². The van der Waals surface area contributed by atoms with E-state index >= 15 is 0 Å². The number of nitrogens with one attached hydrogen (secondary N) is 2. The number of benzene rings is 4. The zero-order chi connectivity index (χ0) is 20.3. The lowest BCUT2D eigenvalue weighted by atomic mass is 10.0. The molecule has 0 aliphatic heterocycles. The summed E-state index contributed by atoms with van der Waals surface area (Å²) in [5, 5.41) is 2.97. The first-order valence-electron chi connectivity index (χ1n) is 9.78. The highest BCUT2D eigenvalue weighted by atomic mass is 16.1. The van der Waals surface area contributed by atoms with Gasteiger partial charge in [-0.05, 0) is 41.5 Å². The lowest BCUT2D eigenvalue weighted by molar-refractivity contribution is 0.102. The van der Waals surface area contributed by atoms with Crippen molar-refractivity contribution >= 4 is 22.6 Å². The van der Waals surface area contributed by atoms with Gasteiger partial charge in [0.05, 0.1) is 11.0 Å². The number of amides is 1. The van der Waals surface area contributed by atoms with Gasteiger partial charge in [0.25, 0.3) is 5.91 Å². The van der Waals surface area contributed by atoms with Crippen molar-refractivity contribution in [2.75, 3.05) is 5.32 Å². The number of fused-ring (bicyclic) bond motifs is 1. The second-order valence-electron chi connectivity index (χ2n) is 7.08. The molecule has 0 spiro atoms. The van der Waals surface area contributed by atoms with Crippen molar-refractivity contribution < 1.29 is 4.79 Å². The Morgan fingerprint density at radius 1 is 0.700 bits per heavy atom. The summed E-state index contributed by atoms with van der Waals surface area (Å²) in [6.07, 6.45) is 0. The Bertz CT molecular complexity index is 1310. The molecule has 0 atom stereocenters. The number of aromatic nitrogens is 2. The van der Waals surface area contributed by atoms with Crippen molar-refractivity contribution in [3.8, 4) is 22.5 Å². The van der Waals surface area contributed by atoms with E-state index in [1.54, 1.807) is 0 Å². The predicted octanol–water partition coefficient (Wildman–Crippen LogP) is 6.15. The number of hydrogen-bond acceptors (Lipinski definition) is 2. The van der Waals surface area contributed by atoms with Crippen LogP contribution in [0.4, 0.5) is 5.69 Å². The summed E-state index contributed by atoms with van der Waals surface area (Å²) in [7, 11) is 0. The number of hydrogen-bond donors (Lipinski definition) is 2. The topological polar surface area (TPSA) is 57.8 Å². The molecule has 0 saturated carbocycles. The first-order chi connectivity index (χ1) is 14.8. The molecule has 2 N–H and O–H groups in total. The Hall–Kier alpha value is -4.18. The third-order valence-corrected chi connectivity index (χ3v) is 5.04. The van der Waals surface area contributed by atoms with Gasteiger partial charge in [0, 0.05) is 16.8 Å². The number of imidazole rings is 1. The number of aromatic amines is 1. The van der Waals surface area contributed by atoms with Crippen molar-refractivity contribution in [2.45, 2.75) is 0 Å². The summed E-state index contributed by atoms with van der Waals surface area (Å²) in [6, 6.07) is 33.4. The van der Waals surface area contributed by atoms with E-state index in [1.165, 1.54) is 0 Å². The van der Waals surface area contributed by atoms with Crippen LogP contribution in [0.25, 0.3) is 33.5 Å². The monoisotopic (exact) mass is 389 g/mol. The van der Waals surface area contributed by atoms with Gasteiger partial charge in [-0.2, -0.15) is 0 Å². The summed E-state index contributed by atoms with van der Waals surface area (Å²) >= 11 is 0. The molecule has 0 unspecified atom stereocenters. The van der Waals surface area contributed by atoms with Crippen LogP contribution in [-0.4, -0.2) is 15.9 Å². The van der Waals surface area contributed by atoms with E-state index in [1.807, 2.05) is 91.0 Å². The maximum Gasteiger partial charge on any atom is 0.255 e. The fourth-order valence-corrected chi connectivity index (χ4v) is 3.46. The van der Waals surface area contributed by atoms with Crippen LogP contribution in [0, 0.1) is 0 Å². The molecule has 0 radical (unpaired) electrons. The highest BCUT2D eigenvalue weighted by Crippen LogP contribution is 2.24. The first-order valence-corrected chi connectivity index (χ1v) is 9.78. The van der Waals surface area contributed by atoms with Crippen LogP contribution in [-0.2, 0) is 0 Å². The van der Waals surface area contributed by atoms with Crippen LogP contribution in [0.15, 0.2) is 103 Å². The third kappa shape index (κ3) is 3.59. The SMILES string of the molecule is O=C(Nc1ccc2[nH]c(-c3ccccc3)nc2c1)c1ccc(-c2ccccc2)cc1. The minimum absolute atomic E-state index is 0.146. The Morgan fingerprint density at radius 2 is 1.33 bits per heavy atom. The molecule has 4 aromatic carbocycles. The van der Waals surface area contributed by atoms with E-state index in [0.29, 0.717) is 11.3 Å². The summed E-state index contributed by atoms with van der Waals surface area (Å²) in [5.74, 6) is 0.665.